The number of carbonyl (C=O) groups is 1. The van der Waals surface area contributed by atoms with Gasteiger partial charge in [0.2, 0.25) is 5.91 Å². The minimum atomic E-state index is -5.39. The predicted molar refractivity (Wildman–Crippen MR) is 149 cm³/mol. The zero-order chi connectivity index (χ0) is 29.3. The topological polar surface area (TPSA) is 156 Å². The van der Waals surface area contributed by atoms with Crippen molar-refractivity contribution in [3.8, 4) is 0 Å². The maximum absolute atomic E-state index is 12.1. The smallest absolute Gasteiger partial charge is 0.222 e. The van der Waals surface area contributed by atoms with Crippen LogP contribution in [-0.4, -0.2) is 59.6 Å². The van der Waals surface area contributed by atoms with Gasteiger partial charge in [-0.1, -0.05) is 110 Å². The molecule has 0 aromatic carbocycles. The molecule has 0 aliphatic carbocycles. The Morgan fingerprint density at radius 1 is 0.842 bits per heavy atom. The summed E-state index contributed by atoms with van der Waals surface area (Å²) in [6.07, 6.45) is 20.5. The summed E-state index contributed by atoms with van der Waals surface area (Å²) in [7, 11) is -3.35. The van der Waals surface area contributed by atoms with E-state index in [2.05, 4.69) is 25.7 Å². The number of hydrogen-bond donors (Lipinski definition) is 3. The summed E-state index contributed by atoms with van der Waals surface area (Å²) in [5, 5.41) is 23.1. The quantitative estimate of drug-likeness (QED) is 0.0534. The minimum Gasteiger partial charge on any atom is -0.822 e. The van der Waals surface area contributed by atoms with E-state index in [0.717, 1.165) is 32.4 Å². The summed E-state index contributed by atoms with van der Waals surface area (Å²) >= 11 is 0. The molecule has 3 unspecified atom stereocenters. The van der Waals surface area contributed by atoms with Crippen LogP contribution < -0.4 is 20.0 Å². The summed E-state index contributed by atoms with van der Waals surface area (Å²) in [5.74, 6) is -0.176. The van der Waals surface area contributed by atoms with E-state index < -0.39 is 20.2 Å². The number of aliphatic hydroxyl groups is 2. The van der Waals surface area contributed by atoms with Gasteiger partial charge in [-0.25, -0.2) is 0 Å². The van der Waals surface area contributed by atoms with Crippen LogP contribution in [0.2, 0.25) is 0 Å². The van der Waals surface area contributed by atoms with Crippen molar-refractivity contribution in [1.82, 2.24) is 5.32 Å². The van der Waals surface area contributed by atoms with E-state index in [4.69, 9.17) is 19.2 Å². The van der Waals surface area contributed by atoms with Gasteiger partial charge in [0.05, 0.1) is 20.1 Å². The number of aliphatic hydroxyl groups excluding tert-OH is 2. The molecule has 0 aliphatic rings. The Morgan fingerprint density at radius 2 is 1.24 bits per heavy atom. The fraction of sp³-hybridized carbons (Fsp3) is 0.893. The normalized spacial score (nSPS) is 14.6. The Morgan fingerprint density at radius 3 is 1.61 bits per heavy atom. The first-order valence-corrected chi connectivity index (χ1v) is 16.2. The van der Waals surface area contributed by atoms with E-state index >= 15 is 0 Å². The number of carbonyl (C=O) groups excluding carboxylic acids is 1. The second-order valence-corrected chi connectivity index (χ2v) is 11.6. The van der Waals surface area contributed by atoms with E-state index in [0.29, 0.717) is 17.4 Å². The van der Waals surface area contributed by atoms with Crippen molar-refractivity contribution in [3.05, 3.63) is 12.7 Å². The molecule has 3 atom stereocenters. The van der Waals surface area contributed by atoms with E-state index in [1.807, 2.05) is 13.1 Å². The summed E-state index contributed by atoms with van der Waals surface area (Å²) in [6, 6.07) is 0. The van der Waals surface area contributed by atoms with Gasteiger partial charge in [-0.15, -0.1) is 0 Å². The number of hydrogen-bond acceptors (Lipinski definition) is 7. The SMILES string of the molecule is C=CC[N+](C)(CCC)CC(O)C(O)NC(=O)CCCCCCCCCCCCCCCCC.O=P([O-])([O-])[O-]. The van der Waals surface area contributed by atoms with Gasteiger partial charge in [0.15, 0.2) is 6.23 Å². The summed E-state index contributed by atoms with van der Waals surface area (Å²) < 4.78 is 9.15. The molecule has 0 fully saturated rings. The third-order valence-corrected chi connectivity index (χ3v) is 6.64. The van der Waals surface area contributed by atoms with Crippen LogP contribution in [-0.2, 0) is 9.36 Å². The molecule has 0 aliphatic heterocycles. The molecule has 1 amide bonds. The molecule has 0 aromatic rings. The maximum atomic E-state index is 12.1. The standard InChI is InChI=1S/C28H56N2O3.H3O4P/c1-5-8-9-10-11-12-13-14-15-16-17-18-19-20-21-22-27(32)29-28(33)26(31)25-30(4,23-6-2)24-7-3;1-5(2,3)4/h6,26,28,31,33H,2,5,7-25H2,1,3-4H3;(H3,1,2,3,4)/p-2. The first-order chi connectivity index (χ1) is 17.9. The molecular weight excluding hydrogens is 507 g/mol. The van der Waals surface area contributed by atoms with Gasteiger partial charge in [-0.05, 0) is 18.9 Å². The van der Waals surface area contributed by atoms with Gasteiger partial charge >= 0.3 is 0 Å². The van der Waals surface area contributed by atoms with Crippen molar-refractivity contribution in [3.63, 3.8) is 0 Å². The summed E-state index contributed by atoms with van der Waals surface area (Å²) in [5.41, 5.74) is 0. The molecule has 228 valence electrons. The zero-order valence-electron chi connectivity index (χ0n) is 24.4. The molecule has 0 radical (unpaired) electrons. The molecule has 3 N–H and O–H groups in total. The number of likely N-dealkylation sites (N-methyl/N-ethyl adjacent to an activating group) is 1. The number of unbranched alkanes of at least 4 members (excludes halogenated alkanes) is 14. The molecule has 0 saturated heterocycles. The largest absolute Gasteiger partial charge is 0.822 e. The number of quaternary nitrogens is 1. The Labute approximate surface area is 232 Å². The maximum Gasteiger partial charge on any atom is 0.222 e. The van der Waals surface area contributed by atoms with Gasteiger partial charge in [-0.3, -0.25) is 4.79 Å². The summed E-state index contributed by atoms with van der Waals surface area (Å²) in [6.45, 7) is 10.2. The molecule has 0 saturated carbocycles. The second-order valence-electron chi connectivity index (χ2n) is 10.7. The van der Waals surface area contributed by atoms with Crippen molar-refractivity contribution < 1.29 is 38.7 Å². The number of nitrogens with zero attached hydrogens (tertiary/aromatic N) is 1. The Kier molecular flexibility index (Phi) is 26.1. The van der Waals surface area contributed by atoms with Crippen LogP contribution in [0.1, 0.15) is 123 Å². The predicted octanol–water partition coefficient (Wildman–Crippen LogP) is 3.26. The van der Waals surface area contributed by atoms with Gasteiger partial charge in [0.1, 0.15) is 12.6 Å². The highest BCUT2D eigenvalue weighted by Crippen LogP contribution is 2.14. The molecule has 38 heavy (non-hydrogen) atoms. The average Bonchev–Trinajstić information content (AvgIpc) is 2.80. The highest BCUT2D eigenvalue weighted by molar-refractivity contribution is 7.40. The fourth-order valence-electron chi connectivity index (χ4n) is 4.65. The van der Waals surface area contributed by atoms with Gasteiger partial charge < -0.3 is 39.3 Å². The van der Waals surface area contributed by atoms with E-state index in [9.17, 15) is 15.0 Å². The molecule has 0 bridgehead atoms. The fourth-order valence-corrected chi connectivity index (χ4v) is 4.65. The van der Waals surface area contributed by atoms with Gasteiger partial charge in [-0.2, -0.15) is 7.82 Å². The van der Waals surface area contributed by atoms with Crippen LogP contribution in [0.15, 0.2) is 12.7 Å². The third kappa shape index (κ3) is 29.8. The lowest BCUT2D eigenvalue weighted by atomic mass is 10.0. The highest BCUT2D eigenvalue weighted by atomic mass is 31.2. The Hall–Kier alpha value is -0.800. The van der Waals surface area contributed by atoms with Crippen molar-refractivity contribution in [2.45, 2.75) is 135 Å². The number of nitrogens with one attached hydrogen (secondary N) is 1. The minimum absolute atomic E-state index is 0.176. The first kappa shape index (κ1) is 39.3. The monoisotopic (exact) mass is 564 g/mol. The lowest BCUT2D eigenvalue weighted by Crippen LogP contribution is -2.55. The van der Waals surface area contributed by atoms with E-state index in [1.165, 1.54) is 83.5 Å². The molecule has 0 rings (SSSR count). The highest BCUT2D eigenvalue weighted by Gasteiger charge is 2.28. The van der Waals surface area contributed by atoms with E-state index in [-0.39, 0.29) is 5.91 Å². The van der Waals surface area contributed by atoms with Crippen LogP contribution in [0.4, 0.5) is 0 Å². The third-order valence-electron chi connectivity index (χ3n) is 6.64. The van der Waals surface area contributed by atoms with Gasteiger partial charge in [0, 0.05) is 6.42 Å². The molecule has 0 heterocycles. The Bertz CT molecular complexity index is 610. The first-order valence-electron chi connectivity index (χ1n) is 14.7. The average molecular weight is 565 g/mol. The van der Waals surface area contributed by atoms with E-state index in [1.54, 1.807) is 0 Å². The van der Waals surface area contributed by atoms with Crippen LogP contribution in [0.3, 0.4) is 0 Å². The van der Waals surface area contributed by atoms with Gasteiger partial charge in [0.25, 0.3) is 0 Å². The van der Waals surface area contributed by atoms with Crippen molar-refractivity contribution in [2.24, 2.45) is 0 Å². The Balaban J connectivity index is 0. The van der Waals surface area contributed by atoms with Crippen molar-refractivity contribution >= 4 is 13.7 Å². The number of phosphoric acid groups is 1. The van der Waals surface area contributed by atoms with Crippen LogP contribution in [0, 0.1) is 0 Å². The van der Waals surface area contributed by atoms with Crippen molar-refractivity contribution in [1.29, 1.82) is 0 Å². The molecule has 0 aromatic heterocycles. The second kappa shape index (κ2) is 25.2. The molecule has 10 heteroatoms. The summed E-state index contributed by atoms with van der Waals surface area (Å²) in [4.78, 5) is 37.8. The molecule has 9 nitrogen and oxygen atoms in total. The number of rotatable bonds is 24. The number of amides is 1. The molecular formula is C28H57N2O7P-2. The van der Waals surface area contributed by atoms with Crippen LogP contribution in [0.25, 0.3) is 0 Å². The molecule has 0 spiro atoms. The van der Waals surface area contributed by atoms with Crippen LogP contribution in [0.5, 0.6) is 0 Å². The van der Waals surface area contributed by atoms with Crippen LogP contribution >= 0.6 is 7.82 Å². The van der Waals surface area contributed by atoms with Crippen molar-refractivity contribution in [2.75, 3.05) is 26.7 Å². The zero-order valence-corrected chi connectivity index (χ0v) is 25.3. The lowest BCUT2D eigenvalue weighted by molar-refractivity contribution is -0.907. The lowest BCUT2D eigenvalue weighted by Gasteiger charge is -2.36.